The van der Waals surface area contributed by atoms with E-state index in [1.165, 1.54) is 17.0 Å². The maximum atomic E-state index is 12.4. The van der Waals surface area contributed by atoms with Crippen molar-refractivity contribution in [3.05, 3.63) is 29.8 Å². The van der Waals surface area contributed by atoms with Gasteiger partial charge in [-0.1, -0.05) is 31.5 Å². The predicted octanol–water partition coefficient (Wildman–Crippen LogP) is 0.871. The summed E-state index contributed by atoms with van der Waals surface area (Å²) in [7, 11) is -3.87. The van der Waals surface area contributed by atoms with E-state index in [1.54, 1.807) is 12.1 Å². The summed E-state index contributed by atoms with van der Waals surface area (Å²) in [5, 5.41) is 21.1. The van der Waals surface area contributed by atoms with Gasteiger partial charge in [0, 0.05) is 19.6 Å². The largest absolute Gasteiger partial charge is 0.480 e. The lowest BCUT2D eigenvalue weighted by Crippen LogP contribution is -2.49. The number of sulfonamides is 1. The summed E-state index contributed by atoms with van der Waals surface area (Å²) in [6.07, 6.45) is 1.04. The van der Waals surface area contributed by atoms with E-state index in [9.17, 15) is 28.2 Å². The highest BCUT2D eigenvalue weighted by Crippen LogP contribution is 2.09. The number of carbonyl (C=O) groups is 2. The second-order valence-corrected chi connectivity index (χ2v) is 9.74. The molecule has 1 atom stereocenters. The van der Waals surface area contributed by atoms with Crippen molar-refractivity contribution in [3.8, 4) is 0 Å². The first-order valence-electron chi connectivity index (χ1n) is 10.7. The Kier molecular flexibility index (Phi) is 11.6. The van der Waals surface area contributed by atoms with Gasteiger partial charge in [0.1, 0.15) is 6.04 Å². The number of aliphatic imine (C=N–C) groups is 1. The number of aliphatic hydroxyl groups is 1. The lowest BCUT2D eigenvalue weighted by Gasteiger charge is -2.25. The van der Waals surface area contributed by atoms with Gasteiger partial charge < -0.3 is 26.2 Å². The number of carbonyl (C=O) groups excluding carboxylic acids is 1. The fourth-order valence-electron chi connectivity index (χ4n) is 2.79. The highest BCUT2D eigenvalue weighted by atomic mass is 32.2. The number of carboxylic acid groups (broad SMARTS) is 1. The van der Waals surface area contributed by atoms with Gasteiger partial charge in [-0.3, -0.25) is 4.99 Å². The summed E-state index contributed by atoms with van der Waals surface area (Å²) >= 11 is 0. The predicted molar refractivity (Wildman–Crippen MR) is 125 cm³/mol. The Morgan fingerprint density at radius 2 is 1.79 bits per heavy atom. The van der Waals surface area contributed by atoms with Crippen molar-refractivity contribution >= 4 is 28.0 Å². The van der Waals surface area contributed by atoms with Crippen molar-refractivity contribution in [1.29, 1.82) is 0 Å². The lowest BCUT2D eigenvalue weighted by atomic mass is 10.1. The summed E-state index contributed by atoms with van der Waals surface area (Å²) in [5.74, 6) is -1.16. The van der Waals surface area contributed by atoms with Gasteiger partial charge in [0.25, 0.3) is 10.0 Å². The number of benzene rings is 1. The number of nitrogens with one attached hydrogen (secondary N) is 2. The van der Waals surface area contributed by atoms with E-state index in [0.717, 1.165) is 12.0 Å². The van der Waals surface area contributed by atoms with E-state index in [-0.39, 0.29) is 43.4 Å². The first kappa shape index (κ1) is 28.2. The Labute approximate surface area is 195 Å². The number of hydrogen-bond donors (Lipinski definition) is 5. The molecule has 33 heavy (non-hydrogen) atoms. The van der Waals surface area contributed by atoms with Crippen LogP contribution in [0.15, 0.2) is 34.2 Å². The van der Waals surface area contributed by atoms with Gasteiger partial charge in [-0.25, -0.2) is 22.7 Å². The number of urea groups is 1. The fourth-order valence-corrected chi connectivity index (χ4v) is 3.74. The molecule has 0 saturated carbocycles. The van der Waals surface area contributed by atoms with Crippen molar-refractivity contribution in [2.45, 2.75) is 51.0 Å². The van der Waals surface area contributed by atoms with Gasteiger partial charge in [-0.05, 0) is 44.2 Å². The molecular formula is C21H35N5O6S. The van der Waals surface area contributed by atoms with Crippen LogP contribution < -0.4 is 15.8 Å². The summed E-state index contributed by atoms with van der Waals surface area (Å²) in [4.78, 5) is 29.3. The Hall–Kier alpha value is -2.86. The monoisotopic (exact) mass is 485 g/mol. The molecule has 0 saturated heterocycles. The zero-order valence-electron chi connectivity index (χ0n) is 19.3. The van der Waals surface area contributed by atoms with Crippen LogP contribution in [0.1, 0.15) is 38.7 Å². The van der Waals surface area contributed by atoms with Crippen LogP contribution >= 0.6 is 0 Å². The molecule has 0 bridgehead atoms. The Bertz CT molecular complexity index is 902. The lowest BCUT2D eigenvalue weighted by molar-refractivity contribution is -0.139. The molecule has 6 N–H and O–H groups in total. The summed E-state index contributed by atoms with van der Waals surface area (Å²) in [6.45, 7) is 6.18. The molecular weight excluding hydrogens is 450 g/mol. The quantitative estimate of drug-likeness (QED) is 0.156. The van der Waals surface area contributed by atoms with Gasteiger partial charge >= 0.3 is 12.0 Å². The molecule has 1 aromatic rings. The summed E-state index contributed by atoms with van der Waals surface area (Å²) < 4.78 is 26.8. The third-order valence-corrected chi connectivity index (χ3v) is 6.10. The minimum Gasteiger partial charge on any atom is -0.480 e. The van der Waals surface area contributed by atoms with Crippen LogP contribution in [0, 0.1) is 12.8 Å². The standard InChI is InChI=1S/C21H35N5O6S/c1-15(2)10-12-26(13-14-27)21(30)24-18(19(28)29)5-4-11-23-20(22)25-33(31,32)17-8-6-16(3)7-9-17/h6-9,15,18,27H,4-5,10-14H2,1-3H3,(H,24,30)(H,28,29)(H3,22,23,25). The minimum absolute atomic E-state index is 0.0461. The molecule has 0 aliphatic heterocycles. The van der Waals surface area contributed by atoms with E-state index in [4.69, 9.17) is 5.73 Å². The number of aliphatic carboxylic acids is 1. The minimum atomic E-state index is -3.87. The summed E-state index contributed by atoms with van der Waals surface area (Å²) in [6, 6.07) is 4.50. The Morgan fingerprint density at radius 3 is 2.33 bits per heavy atom. The van der Waals surface area contributed by atoms with E-state index >= 15 is 0 Å². The zero-order chi connectivity index (χ0) is 25.0. The average molecular weight is 486 g/mol. The molecule has 2 amide bonds. The molecule has 0 heterocycles. The number of rotatable bonds is 13. The Balaban J connectivity index is 2.61. The number of aryl methyl sites for hydroxylation is 1. The normalized spacial score (nSPS) is 12.9. The van der Waals surface area contributed by atoms with Crippen molar-refractivity contribution in [3.63, 3.8) is 0 Å². The molecule has 1 aromatic carbocycles. The molecule has 0 aromatic heterocycles. The van der Waals surface area contributed by atoms with Crippen LogP contribution in [0.25, 0.3) is 0 Å². The molecule has 11 nitrogen and oxygen atoms in total. The average Bonchev–Trinajstić information content (AvgIpc) is 2.72. The maximum Gasteiger partial charge on any atom is 0.326 e. The first-order valence-corrected chi connectivity index (χ1v) is 12.2. The van der Waals surface area contributed by atoms with Gasteiger partial charge in [0.2, 0.25) is 5.96 Å². The van der Waals surface area contributed by atoms with Gasteiger partial charge in [-0.15, -0.1) is 0 Å². The van der Waals surface area contributed by atoms with E-state index in [0.29, 0.717) is 12.5 Å². The fraction of sp³-hybridized carbons (Fsp3) is 0.571. The number of nitrogens with zero attached hydrogens (tertiary/aromatic N) is 2. The van der Waals surface area contributed by atoms with Crippen molar-refractivity contribution in [2.75, 3.05) is 26.2 Å². The second kappa shape index (κ2) is 13.6. The Morgan fingerprint density at radius 1 is 1.15 bits per heavy atom. The van der Waals surface area contributed by atoms with Gasteiger partial charge in [-0.2, -0.15) is 0 Å². The number of nitrogens with two attached hydrogens (primary N) is 1. The van der Waals surface area contributed by atoms with Crippen molar-refractivity contribution in [2.24, 2.45) is 16.6 Å². The van der Waals surface area contributed by atoms with Gasteiger partial charge in [0.15, 0.2) is 0 Å². The van der Waals surface area contributed by atoms with Crippen LogP contribution in [-0.4, -0.2) is 73.8 Å². The molecule has 1 unspecified atom stereocenters. The highest BCUT2D eigenvalue weighted by molar-refractivity contribution is 7.90. The molecule has 0 aliphatic rings. The van der Waals surface area contributed by atoms with Crippen LogP contribution in [0.4, 0.5) is 4.79 Å². The maximum absolute atomic E-state index is 12.4. The summed E-state index contributed by atoms with van der Waals surface area (Å²) in [5.41, 5.74) is 6.57. The third-order valence-electron chi connectivity index (χ3n) is 4.73. The van der Waals surface area contributed by atoms with E-state index in [1.807, 2.05) is 20.8 Å². The zero-order valence-corrected chi connectivity index (χ0v) is 20.1. The van der Waals surface area contributed by atoms with Crippen LogP contribution in [0.3, 0.4) is 0 Å². The SMILES string of the molecule is Cc1ccc(S(=O)(=O)NC(N)=NCCCC(NC(=O)N(CCO)CCC(C)C)C(=O)O)cc1. The molecule has 1 rings (SSSR count). The smallest absolute Gasteiger partial charge is 0.326 e. The molecule has 0 fully saturated rings. The molecule has 0 spiro atoms. The number of aliphatic hydroxyl groups excluding tert-OH is 1. The first-order chi connectivity index (χ1) is 15.5. The van der Waals surface area contributed by atoms with Crippen LogP contribution in [0.5, 0.6) is 0 Å². The van der Waals surface area contributed by atoms with Crippen LogP contribution in [0.2, 0.25) is 0 Å². The highest BCUT2D eigenvalue weighted by Gasteiger charge is 2.23. The van der Waals surface area contributed by atoms with Crippen LogP contribution in [-0.2, 0) is 14.8 Å². The van der Waals surface area contributed by atoms with E-state index in [2.05, 4.69) is 15.0 Å². The number of guanidine groups is 1. The number of carboxylic acids is 1. The molecule has 0 aliphatic carbocycles. The second-order valence-electron chi connectivity index (χ2n) is 8.06. The van der Waals surface area contributed by atoms with Crippen molar-refractivity contribution in [1.82, 2.24) is 14.9 Å². The number of amides is 2. The number of hydrogen-bond acceptors (Lipinski definition) is 6. The van der Waals surface area contributed by atoms with Crippen molar-refractivity contribution < 1.29 is 28.2 Å². The molecule has 186 valence electrons. The molecule has 12 heteroatoms. The molecule has 0 radical (unpaired) electrons. The topological polar surface area (TPSA) is 174 Å². The van der Waals surface area contributed by atoms with E-state index < -0.39 is 28.1 Å². The van der Waals surface area contributed by atoms with Gasteiger partial charge in [0.05, 0.1) is 11.5 Å². The third kappa shape index (κ3) is 10.5.